The van der Waals surface area contributed by atoms with Crippen LogP contribution in [0.3, 0.4) is 0 Å². The van der Waals surface area contributed by atoms with Gasteiger partial charge in [0.05, 0.1) is 42.8 Å². The summed E-state index contributed by atoms with van der Waals surface area (Å²) < 4.78 is 1.70. The third kappa shape index (κ3) is 4.20. The van der Waals surface area contributed by atoms with Gasteiger partial charge in [-0.3, -0.25) is 9.63 Å². The second-order valence-corrected chi connectivity index (χ2v) is 7.89. The average molecular weight is 444 g/mol. The maximum Gasteiger partial charge on any atom is 0.256 e. The molecule has 4 aromatic rings. The predicted molar refractivity (Wildman–Crippen MR) is 121 cm³/mol. The SMILES string of the molecule is Cc1ccc(-n2nccn2)c(C(=O)N2CCN(c3cccc(-n4cccn4)n3)OC[C@H]2C)c1. The van der Waals surface area contributed by atoms with E-state index in [1.807, 2.05) is 67.4 Å². The molecule has 1 aliphatic heterocycles. The van der Waals surface area contributed by atoms with Gasteiger partial charge in [0.15, 0.2) is 11.6 Å². The number of aryl methyl sites for hydroxylation is 1. The number of anilines is 1. The largest absolute Gasteiger partial charge is 0.332 e. The highest BCUT2D eigenvalue weighted by Crippen LogP contribution is 2.22. The van der Waals surface area contributed by atoms with Crippen molar-refractivity contribution >= 4 is 11.7 Å². The lowest BCUT2D eigenvalue weighted by Crippen LogP contribution is -2.41. The first-order chi connectivity index (χ1) is 16.1. The summed E-state index contributed by atoms with van der Waals surface area (Å²) in [6, 6.07) is 13.1. The van der Waals surface area contributed by atoms with Crippen LogP contribution in [-0.2, 0) is 4.84 Å². The molecule has 10 nitrogen and oxygen atoms in total. The summed E-state index contributed by atoms with van der Waals surface area (Å²) in [5.74, 6) is 1.28. The molecule has 33 heavy (non-hydrogen) atoms. The van der Waals surface area contributed by atoms with Crippen molar-refractivity contribution in [2.75, 3.05) is 24.8 Å². The number of hydroxylamine groups is 1. The summed E-state index contributed by atoms with van der Waals surface area (Å²) in [6.45, 7) is 5.25. The zero-order valence-corrected chi connectivity index (χ0v) is 18.4. The minimum absolute atomic E-state index is 0.0813. The van der Waals surface area contributed by atoms with Crippen molar-refractivity contribution in [3.05, 3.63) is 78.4 Å². The highest BCUT2D eigenvalue weighted by atomic mass is 16.7. The van der Waals surface area contributed by atoms with Crippen LogP contribution in [0.2, 0.25) is 0 Å². The predicted octanol–water partition coefficient (Wildman–Crippen LogP) is 2.44. The number of hydrogen-bond acceptors (Lipinski definition) is 7. The minimum atomic E-state index is -0.129. The van der Waals surface area contributed by atoms with Crippen molar-refractivity contribution in [1.82, 2.24) is 34.7 Å². The zero-order valence-electron chi connectivity index (χ0n) is 18.4. The number of nitrogens with zero attached hydrogens (tertiary/aromatic N) is 8. The summed E-state index contributed by atoms with van der Waals surface area (Å²) in [5.41, 5.74) is 2.21. The Bertz CT molecular complexity index is 1240. The molecule has 0 N–H and O–H groups in total. The highest BCUT2D eigenvalue weighted by molar-refractivity contribution is 5.98. The summed E-state index contributed by atoms with van der Waals surface area (Å²) in [6.07, 6.45) is 6.74. The molecule has 1 aromatic carbocycles. The Hall–Kier alpha value is -4.05. The van der Waals surface area contributed by atoms with Crippen molar-refractivity contribution in [2.45, 2.75) is 19.9 Å². The number of hydrogen-bond donors (Lipinski definition) is 0. The van der Waals surface area contributed by atoms with Crippen LogP contribution in [-0.4, -0.2) is 66.3 Å². The Balaban J connectivity index is 1.39. The van der Waals surface area contributed by atoms with Gasteiger partial charge in [-0.05, 0) is 44.2 Å². The molecule has 5 rings (SSSR count). The molecule has 1 aliphatic rings. The molecule has 1 fully saturated rings. The van der Waals surface area contributed by atoms with Gasteiger partial charge in [0, 0.05) is 18.9 Å². The molecule has 10 heteroatoms. The summed E-state index contributed by atoms with van der Waals surface area (Å²) in [5, 5.41) is 14.4. The van der Waals surface area contributed by atoms with Crippen LogP contribution in [0.5, 0.6) is 0 Å². The lowest BCUT2D eigenvalue weighted by atomic mass is 10.1. The van der Waals surface area contributed by atoms with Crippen LogP contribution in [0.4, 0.5) is 5.82 Å². The third-order valence-corrected chi connectivity index (χ3v) is 5.54. The van der Waals surface area contributed by atoms with Crippen LogP contribution < -0.4 is 5.06 Å². The van der Waals surface area contributed by atoms with Crippen LogP contribution in [0.1, 0.15) is 22.8 Å². The van der Waals surface area contributed by atoms with Crippen molar-refractivity contribution in [2.24, 2.45) is 0 Å². The first-order valence-electron chi connectivity index (χ1n) is 10.8. The van der Waals surface area contributed by atoms with Gasteiger partial charge in [-0.25, -0.2) is 14.7 Å². The Labute approximate surface area is 191 Å². The summed E-state index contributed by atoms with van der Waals surface area (Å²) >= 11 is 0. The molecule has 0 spiro atoms. The van der Waals surface area contributed by atoms with Gasteiger partial charge < -0.3 is 4.90 Å². The molecule has 0 saturated carbocycles. The van der Waals surface area contributed by atoms with Crippen molar-refractivity contribution in [3.63, 3.8) is 0 Å². The van der Waals surface area contributed by atoms with Crippen LogP contribution >= 0.6 is 0 Å². The van der Waals surface area contributed by atoms with Gasteiger partial charge in [0.2, 0.25) is 0 Å². The fourth-order valence-corrected chi connectivity index (χ4v) is 3.83. The molecule has 4 heterocycles. The second-order valence-electron chi connectivity index (χ2n) is 7.89. The molecule has 168 valence electrons. The van der Waals surface area contributed by atoms with Gasteiger partial charge in [0.1, 0.15) is 0 Å². The lowest BCUT2D eigenvalue weighted by molar-refractivity contribution is 0.0599. The maximum atomic E-state index is 13.6. The molecule has 3 aromatic heterocycles. The van der Waals surface area contributed by atoms with Crippen molar-refractivity contribution in [1.29, 1.82) is 0 Å². The fourth-order valence-electron chi connectivity index (χ4n) is 3.83. The number of benzene rings is 1. The van der Waals surface area contributed by atoms with E-state index in [1.165, 1.54) is 4.80 Å². The zero-order chi connectivity index (χ0) is 22.8. The van der Waals surface area contributed by atoms with E-state index < -0.39 is 0 Å². The van der Waals surface area contributed by atoms with Gasteiger partial charge in [-0.15, -0.1) is 0 Å². The van der Waals surface area contributed by atoms with Crippen molar-refractivity contribution < 1.29 is 9.63 Å². The molecule has 1 saturated heterocycles. The summed E-state index contributed by atoms with van der Waals surface area (Å²) in [7, 11) is 0. The number of carbonyl (C=O) groups excluding carboxylic acids is 1. The van der Waals surface area contributed by atoms with Gasteiger partial charge in [-0.1, -0.05) is 17.7 Å². The number of rotatable bonds is 4. The smallest absolute Gasteiger partial charge is 0.256 e. The number of aromatic nitrogens is 6. The Morgan fingerprint density at radius 1 is 1.00 bits per heavy atom. The monoisotopic (exact) mass is 444 g/mol. The molecular weight excluding hydrogens is 420 g/mol. The van der Waals surface area contributed by atoms with Crippen LogP contribution in [0.15, 0.2) is 67.3 Å². The normalized spacial score (nSPS) is 16.6. The number of carbonyl (C=O) groups is 1. The first-order valence-corrected chi connectivity index (χ1v) is 10.8. The van der Waals surface area contributed by atoms with E-state index in [0.717, 1.165) is 5.56 Å². The third-order valence-electron chi connectivity index (χ3n) is 5.54. The van der Waals surface area contributed by atoms with E-state index in [1.54, 1.807) is 28.3 Å². The topological polar surface area (TPSA) is 94.2 Å². The van der Waals surface area contributed by atoms with E-state index >= 15 is 0 Å². The van der Waals surface area contributed by atoms with Crippen LogP contribution in [0.25, 0.3) is 11.5 Å². The first kappa shape index (κ1) is 20.8. The standard InChI is InChI=1S/C23H24N8O2/c1-17-7-8-20(31-25-10-11-26-31)19(15-17)23(32)28-13-14-30(33-16-18(28)2)22-6-3-5-21(27-22)29-12-4-9-24-29/h3-12,15,18H,13-14,16H2,1-2H3/t18-/m1/s1. The van der Waals surface area contributed by atoms with E-state index in [4.69, 9.17) is 4.84 Å². The molecule has 0 radical (unpaired) electrons. The van der Waals surface area contributed by atoms with E-state index in [-0.39, 0.29) is 11.9 Å². The fraction of sp³-hybridized carbons (Fsp3) is 0.261. The quantitative estimate of drug-likeness (QED) is 0.477. The lowest BCUT2D eigenvalue weighted by Gasteiger charge is -2.26. The number of pyridine rings is 1. The minimum Gasteiger partial charge on any atom is -0.332 e. The molecule has 0 unspecified atom stereocenters. The van der Waals surface area contributed by atoms with E-state index in [2.05, 4.69) is 20.3 Å². The number of amides is 1. The second kappa shape index (κ2) is 8.83. The Morgan fingerprint density at radius 2 is 1.82 bits per heavy atom. The maximum absolute atomic E-state index is 13.6. The van der Waals surface area contributed by atoms with E-state index in [0.29, 0.717) is 42.6 Å². The van der Waals surface area contributed by atoms with Gasteiger partial charge >= 0.3 is 0 Å². The van der Waals surface area contributed by atoms with Gasteiger partial charge in [-0.2, -0.15) is 20.1 Å². The van der Waals surface area contributed by atoms with Crippen molar-refractivity contribution in [3.8, 4) is 11.5 Å². The van der Waals surface area contributed by atoms with E-state index in [9.17, 15) is 4.79 Å². The Kier molecular flexibility index (Phi) is 5.57. The molecule has 1 atom stereocenters. The van der Waals surface area contributed by atoms with Crippen LogP contribution in [0, 0.1) is 6.92 Å². The average Bonchev–Trinajstić information content (AvgIpc) is 3.53. The van der Waals surface area contributed by atoms with Gasteiger partial charge in [0.25, 0.3) is 5.91 Å². The molecule has 0 bridgehead atoms. The highest BCUT2D eigenvalue weighted by Gasteiger charge is 2.29. The Morgan fingerprint density at radius 3 is 2.61 bits per heavy atom. The summed E-state index contributed by atoms with van der Waals surface area (Å²) in [4.78, 5) is 27.7. The molecule has 1 amide bonds. The molecule has 0 aliphatic carbocycles. The molecular formula is C23H24N8O2.